The van der Waals surface area contributed by atoms with Gasteiger partial charge in [-0.05, 0) is 47.7 Å². The van der Waals surface area contributed by atoms with Crippen LogP contribution in [0.5, 0.6) is 0 Å². The molecule has 3 aromatic carbocycles. The number of halogens is 1. The first kappa shape index (κ1) is 17.7. The van der Waals surface area contributed by atoms with E-state index >= 15 is 0 Å². The average molecular weight is 412 g/mol. The number of hydrogen-bond acceptors (Lipinski definition) is 3. The molecule has 0 aromatic heterocycles. The van der Waals surface area contributed by atoms with Gasteiger partial charge in [0.2, 0.25) is 0 Å². The van der Waals surface area contributed by atoms with Gasteiger partial charge < -0.3 is 5.32 Å². The first-order valence-electron chi connectivity index (χ1n) is 10.2. The number of nitrogens with one attached hydrogen (secondary N) is 1. The van der Waals surface area contributed by atoms with Crippen LogP contribution in [0.1, 0.15) is 61.4 Å². The highest BCUT2D eigenvalue weighted by molar-refractivity contribution is 6.30. The van der Waals surface area contributed by atoms with Crippen molar-refractivity contribution in [3.05, 3.63) is 111 Å². The molecule has 0 bridgehead atoms. The molecule has 6 rings (SSSR count). The van der Waals surface area contributed by atoms with E-state index in [2.05, 4.69) is 23.5 Å². The monoisotopic (exact) mass is 411 g/mol. The van der Waals surface area contributed by atoms with Crippen LogP contribution in [0.3, 0.4) is 0 Å². The number of fused-ring (bicyclic) bond motifs is 6. The van der Waals surface area contributed by atoms with E-state index in [4.69, 9.17) is 11.6 Å². The van der Waals surface area contributed by atoms with E-state index in [-0.39, 0.29) is 29.4 Å². The van der Waals surface area contributed by atoms with Gasteiger partial charge in [0.25, 0.3) is 0 Å². The fourth-order valence-electron chi connectivity index (χ4n) is 5.31. The van der Waals surface area contributed by atoms with E-state index in [1.807, 2.05) is 30.3 Å². The summed E-state index contributed by atoms with van der Waals surface area (Å²) in [4.78, 5) is 26.6. The van der Waals surface area contributed by atoms with Crippen LogP contribution in [-0.4, -0.2) is 11.6 Å². The number of carbonyl (C=O) groups is 2. The maximum atomic E-state index is 13.5. The Kier molecular flexibility index (Phi) is 3.78. The van der Waals surface area contributed by atoms with Crippen LogP contribution in [0.2, 0.25) is 5.02 Å². The average Bonchev–Trinajstić information content (AvgIpc) is 3.26. The molecule has 0 fully saturated rings. The summed E-state index contributed by atoms with van der Waals surface area (Å²) in [6, 6.07) is 18.9. The van der Waals surface area contributed by atoms with Crippen LogP contribution in [0.25, 0.3) is 0 Å². The molecule has 0 radical (unpaired) electrons. The van der Waals surface area contributed by atoms with Crippen molar-refractivity contribution in [2.75, 3.05) is 5.32 Å². The molecule has 2 aliphatic carbocycles. The summed E-state index contributed by atoms with van der Waals surface area (Å²) in [7, 11) is 0. The van der Waals surface area contributed by atoms with Crippen molar-refractivity contribution in [1.29, 1.82) is 0 Å². The summed E-state index contributed by atoms with van der Waals surface area (Å²) in [5, 5.41) is 4.37. The molecule has 1 aliphatic heterocycles. The first-order valence-corrected chi connectivity index (χ1v) is 10.6. The van der Waals surface area contributed by atoms with E-state index in [1.54, 1.807) is 24.3 Å². The Morgan fingerprint density at radius 3 is 2.47 bits per heavy atom. The molecule has 30 heavy (non-hydrogen) atoms. The van der Waals surface area contributed by atoms with Crippen LogP contribution >= 0.6 is 11.6 Å². The third-order valence-electron chi connectivity index (χ3n) is 6.63. The van der Waals surface area contributed by atoms with Gasteiger partial charge in [0.05, 0.1) is 6.04 Å². The van der Waals surface area contributed by atoms with Gasteiger partial charge in [-0.25, -0.2) is 0 Å². The Balaban J connectivity index is 1.54. The Labute approximate surface area is 179 Å². The highest BCUT2D eigenvalue weighted by atomic mass is 35.5. The van der Waals surface area contributed by atoms with Crippen molar-refractivity contribution in [2.45, 2.75) is 18.4 Å². The molecular formula is C26H18ClNO2. The topological polar surface area (TPSA) is 46.2 Å². The third kappa shape index (κ3) is 2.39. The molecule has 4 heteroatoms. The number of ketones is 2. The number of hydrogen-bond donors (Lipinski definition) is 1. The molecule has 3 aromatic rings. The summed E-state index contributed by atoms with van der Waals surface area (Å²) >= 11 is 6.26. The van der Waals surface area contributed by atoms with Crippen LogP contribution in [0.15, 0.2) is 72.8 Å². The van der Waals surface area contributed by atoms with Crippen LogP contribution in [0, 0.1) is 5.92 Å². The minimum atomic E-state index is -0.0708. The molecule has 3 atom stereocenters. The molecule has 0 unspecified atom stereocenters. The van der Waals surface area contributed by atoms with Crippen LogP contribution < -0.4 is 5.32 Å². The quantitative estimate of drug-likeness (QED) is 0.394. The van der Waals surface area contributed by atoms with Crippen molar-refractivity contribution in [1.82, 2.24) is 0 Å². The SMILES string of the molecule is O=C1c2ccccc2C(=O)c2c1ccc1c2[C@@H]2C=CC[C@@H]2[C@H](c2cccc(Cl)c2)N1. The summed E-state index contributed by atoms with van der Waals surface area (Å²) in [6.45, 7) is 0. The van der Waals surface area contributed by atoms with Gasteiger partial charge in [-0.2, -0.15) is 0 Å². The Morgan fingerprint density at radius 1 is 0.867 bits per heavy atom. The Morgan fingerprint density at radius 2 is 1.67 bits per heavy atom. The van der Waals surface area contributed by atoms with Crippen LogP contribution in [0.4, 0.5) is 5.69 Å². The van der Waals surface area contributed by atoms with E-state index in [1.165, 1.54) is 0 Å². The Bertz CT molecular complexity index is 1280. The second kappa shape index (κ2) is 6.41. The summed E-state index contributed by atoms with van der Waals surface area (Å²) in [5.41, 5.74) is 5.09. The smallest absolute Gasteiger partial charge is 0.194 e. The zero-order valence-electron chi connectivity index (χ0n) is 16.1. The van der Waals surface area contributed by atoms with Gasteiger partial charge in [-0.15, -0.1) is 0 Å². The predicted octanol–water partition coefficient (Wildman–Crippen LogP) is 5.94. The zero-order valence-corrected chi connectivity index (χ0v) is 16.8. The summed E-state index contributed by atoms with van der Waals surface area (Å²) in [5.74, 6) is 0.224. The fourth-order valence-corrected chi connectivity index (χ4v) is 5.51. The zero-order chi connectivity index (χ0) is 20.4. The number of benzene rings is 3. The highest BCUT2D eigenvalue weighted by Crippen LogP contribution is 2.52. The van der Waals surface area contributed by atoms with Gasteiger partial charge >= 0.3 is 0 Å². The van der Waals surface area contributed by atoms with Gasteiger partial charge in [0.1, 0.15) is 0 Å². The molecular weight excluding hydrogens is 394 g/mol. The van der Waals surface area contributed by atoms with Gasteiger partial charge in [-0.1, -0.05) is 60.2 Å². The third-order valence-corrected chi connectivity index (χ3v) is 6.86. The molecule has 0 amide bonds. The molecule has 3 aliphatic rings. The van der Waals surface area contributed by atoms with Crippen molar-refractivity contribution < 1.29 is 9.59 Å². The lowest BCUT2D eigenvalue weighted by Crippen LogP contribution is -2.32. The fraction of sp³-hybridized carbons (Fsp3) is 0.154. The van der Waals surface area contributed by atoms with Gasteiger partial charge in [0.15, 0.2) is 11.6 Å². The van der Waals surface area contributed by atoms with E-state index in [9.17, 15) is 9.59 Å². The predicted molar refractivity (Wildman–Crippen MR) is 118 cm³/mol. The molecule has 1 heterocycles. The van der Waals surface area contributed by atoms with Crippen molar-refractivity contribution >= 4 is 28.9 Å². The number of allylic oxidation sites excluding steroid dienone is 2. The Hall–Kier alpha value is -3.17. The lowest BCUT2D eigenvalue weighted by atomic mass is 9.71. The first-order chi connectivity index (χ1) is 14.6. The second-order valence-electron chi connectivity index (χ2n) is 8.18. The van der Waals surface area contributed by atoms with Crippen molar-refractivity contribution in [2.24, 2.45) is 5.92 Å². The molecule has 3 nitrogen and oxygen atoms in total. The standard InChI is InChI=1S/C26H18ClNO2/c27-15-6-3-5-14(13-15)24-17-10-4-9-16(17)22-21(28-24)12-11-20-23(22)26(30)19-8-2-1-7-18(19)25(20)29/h1-9,11-13,16-17,24,28H,10H2/t16-,17+,24+/m1/s1. The lowest BCUT2D eigenvalue weighted by Gasteiger charge is -2.39. The second-order valence-corrected chi connectivity index (χ2v) is 8.62. The van der Waals surface area contributed by atoms with Gasteiger partial charge in [0, 0.05) is 38.9 Å². The molecule has 0 saturated carbocycles. The highest BCUT2D eigenvalue weighted by Gasteiger charge is 2.42. The summed E-state index contributed by atoms with van der Waals surface area (Å²) in [6.07, 6.45) is 5.29. The van der Waals surface area contributed by atoms with Crippen LogP contribution in [-0.2, 0) is 0 Å². The molecule has 0 spiro atoms. The van der Waals surface area contributed by atoms with E-state index in [0.717, 1.165) is 23.2 Å². The molecule has 1 N–H and O–H groups in total. The largest absolute Gasteiger partial charge is 0.378 e. The summed E-state index contributed by atoms with van der Waals surface area (Å²) < 4.78 is 0. The number of carbonyl (C=O) groups excluding carboxylic acids is 2. The lowest BCUT2D eigenvalue weighted by molar-refractivity contribution is 0.0978. The van der Waals surface area contributed by atoms with Crippen molar-refractivity contribution in [3.63, 3.8) is 0 Å². The minimum absolute atomic E-state index is 0.0564. The maximum Gasteiger partial charge on any atom is 0.194 e. The minimum Gasteiger partial charge on any atom is -0.378 e. The number of rotatable bonds is 1. The van der Waals surface area contributed by atoms with Gasteiger partial charge in [-0.3, -0.25) is 9.59 Å². The number of anilines is 1. The van der Waals surface area contributed by atoms with E-state index < -0.39 is 0 Å². The maximum absolute atomic E-state index is 13.5. The van der Waals surface area contributed by atoms with Crippen molar-refractivity contribution in [3.8, 4) is 0 Å². The normalized spacial score (nSPS) is 23.3. The molecule has 146 valence electrons. The molecule has 0 saturated heterocycles. The van der Waals surface area contributed by atoms with E-state index in [0.29, 0.717) is 27.3 Å².